The zero-order valence-corrected chi connectivity index (χ0v) is 11.7. The van der Waals surface area contributed by atoms with Gasteiger partial charge in [0.2, 0.25) is 0 Å². The Labute approximate surface area is 114 Å². The average Bonchev–Trinajstić information content (AvgIpc) is 2.43. The third-order valence-electron chi connectivity index (χ3n) is 2.40. The average molecular weight is 269 g/mol. The molecule has 0 bridgehead atoms. The molecular formula is C14H23NO4. The number of methoxy groups -OCH3 is 1. The van der Waals surface area contributed by atoms with E-state index in [2.05, 4.69) is 0 Å². The van der Waals surface area contributed by atoms with E-state index in [0.29, 0.717) is 50.2 Å². The SMILES string of the molecule is CCCOc1cccc(OCCOCCOC)c1N. The maximum atomic E-state index is 5.98. The standard InChI is InChI=1S/C14H23NO4/c1-3-7-18-12-5-4-6-13(14(12)15)19-11-10-17-9-8-16-2/h4-6H,3,7-11,15H2,1-2H3. The summed E-state index contributed by atoms with van der Waals surface area (Å²) in [6.45, 7) is 4.80. The van der Waals surface area contributed by atoms with Gasteiger partial charge in [0.1, 0.15) is 23.8 Å². The Bertz CT molecular complexity index is 357. The maximum absolute atomic E-state index is 5.98. The van der Waals surface area contributed by atoms with Crippen molar-refractivity contribution >= 4 is 5.69 Å². The van der Waals surface area contributed by atoms with Crippen molar-refractivity contribution in [3.05, 3.63) is 18.2 Å². The first-order chi connectivity index (χ1) is 9.29. The Morgan fingerprint density at radius 3 is 2.21 bits per heavy atom. The van der Waals surface area contributed by atoms with Crippen molar-refractivity contribution in [3.63, 3.8) is 0 Å². The van der Waals surface area contributed by atoms with Crippen LogP contribution in [0.1, 0.15) is 13.3 Å². The van der Waals surface area contributed by atoms with Gasteiger partial charge in [-0.2, -0.15) is 0 Å². The molecule has 0 saturated carbocycles. The molecule has 0 amide bonds. The number of benzene rings is 1. The summed E-state index contributed by atoms with van der Waals surface area (Å²) in [6.07, 6.45) is 0.942. The van der Waals surface area contributed by atoms with Crippen molar-refractivity contribution in [3.8, 4) is 11.5 Å². The summed E-state index contributed by atoms with van der Waals surface area (Å²) in [6, 6.07) is 5.53. The number of nitrogen functional groups attached to an aromatic ring is 1. The molecule has 0 aromatic heterocycles. The van der Waals surface area contributed by atoms with Crippen LogP contribution >= 0.6 is 0 Å². The van der Waals surface area contributed by atoms with Gasteiger partial charge in [0.05, 0.1) is 26.4 Å². The smallest absolute Gasteiger partial charge is 0.146 e. The van der Waals surface area contributed by atoms with Crippen LogP contribution in [0.25, 0.3) is 0 Å². The first-order valence-electron chi connectivity index (χ1n) is 6.50. The van der Waals surface area contributed by atoms with Crippen molar-refractivity contribution in [1.82, 2.24) is 0 Å². The van der Waals surface area contributed by atoms with Gasteiger partial charge in [0.15, 0.2) is 0 Å². The molecule has 0 saturated heterocycles. The zero-order valence-electron chi connectivity index (χ0n) is 11.7. The summed E-state index contributed by atoms with van der Waals surface area (Å²) >= 11 is 0. The second-order valence-corrected chi connectivity index (χ2v) is 3.97. The molecule has 1 aromatic rings. The van der Waals surface area contributed by atoms with Crippen LogP contribution in [0.5, 0.6) is 11.5 Å². The van der Waals surface area contributed by atoms with Gasteiger partial charge in [-0.05, 0) is 18.6 Å². The summed E-state index contributed by atoms with van der Waals surface area (Å²) < 4.78 is 21.3. The van der Waals surface area contributed by atoms with Gasteiger partial charge in [0, 0.05) is 7.11 Å². The molecule has 0 aliphatic carbocycles. The Morgan fingerprint density at radius 2 is 1.58 bits per heavy atom. The molecule has 0 unspecified atom stereocenters. The van der Waals surface area contributed by atoms with E-state index in [1.807, 2.05) is 25.1 Å². The van der Waals surface area contributed by atoms with E-state index < -0.39 is 0 Å². The van der Waals surface area contributed by atoms with Gasteiger partial charge in [0.25, 0.3) is 0 Å². The quantitative estimate of drug-likeness (QED) is 0.520. The van der Waals surface area contributed by atoms with E-state index >= 15 is 0 Å². The summed E-state index contributed by atoms with van der Waals surface area (Å²) in [5.74, 6) is 1.29. The van der Waals surface area contributed by atoms with Gasteiger partial charge in [-0.25, -0.2) is 0 Å². The van der Waals surface area contributed by atoms with Crippen LogP contribution in [-0.4, -0.2) is 40.1 Å². The molecule has 0 atom stereocenters. The number of para-hydroxylation sites is 1. The zero-order chi connectivity index (χ0) is 13.9. The first-order valence-corrected chi connectivity index (χ1v) is 6.50. The Kier molecular flexibility index (Phi) is 7.77. The highest BCUT2D eigenvalue weighted by atomic mass is 16.5. The predicted octanol–water partition coefficient (Wildman–Crippen LogP) is 2.10. The molecule has 0 radical (unpaired) electrons. The van der Waals surface area contributed by atoms with Crippen LogP contribution in [0.3, 0.4) is 0 Å². The molecule has 5 nitrogen and oxygen atoms in total. The van der Waals surface area contributed by atoms with E-state index in [9.17, 15) is 0 Å². The van der Waals surface area contributed by atoms with E-state index in [0.717, 1.165) is 6.42 Å². The van der Waals surface area contributed by atoms with E-state index in [4.69, 9.17) is 24.7 Å². The number of nitrogens with two attached hydrogens (primary N) is 1. The third-order valence-corrected chi connectivity index (χ3v) is 2.40. The molecule has 0 aliphatic heterocycles. The Morgan fingerprint density at radius 1 is 0.947 bits per heavy atom. The fourth-order valence-corrected chi connectivity index (χ4v) is 1.44. The molecular weight excluding hydrogens is 246 g/mol. The topological polar surface area (TPSA) is 62.9 Å². The molecule has 108 valence electrons. The number of hydrogen-bond acceptors (Lipinski definition) is 5. The molecule has 0 heterocycles. The lowest BCUT2D eigenvalue weighted by Crippen LogP contribution is -2.11. The number of anilines is 1. The normalized spacial score (nSPS) is 10.4. The van der Waals surface area contributed by atoms with Crippen molar-refractivity contribution < 1.29 is 18.9 Å². The molecule has 19 heavy (non-hydrogen) atoms. The van der Waals surface area contributed by atoms with Crippen LogP contribution < -0.4 is 15.2 Å². The Balaban J connectivity index is 2.36. The minimum Gasteiger partial charge on any atom is -0.491 e. The monoisotopic (exact) mass is 269 g/mol. The summed E-state index contributed by atoms with van der Waals surface area (Å²) in [5, 5.41) is 0. The fourth-order valence-electron chi connectivity index (χ4n) is 1.44. The van der Waals surface area contributed by atoms with Crippen LogP contribution in [-0.2, 0) is 9.47 Å². The molecule has 0 aliphatic rings. The van der Waals surface area contributed by atoms with Crippen molar-refractivity contribution in [2.75, 3.05) is 45.9 Å². The molecule has 5 heteroatoms. The summed E-state index contributed by atoms with van der Waals surface area (Å²) in [7, 11) is 1.64. The van der Waals surface area contributed by atoms with Gasteiger partial charge >= 0.3 is 0 Å². The van der Waals surface area contributed by atoms with E-state index in [-0.39, 0.29) is 0 Å². The molecule has 1 aromatic carbocycles. The second-order valence-electron chi connectivity index (χ2n) is 3.97. The summed E-state index contributed by atoms with van der Waals surface area (Å²) in [5.41, 5.74) is 6.51. The Hall–Kier alpha value is -1.46. The largest absolute Gasteiger partial charge is 0.491 e. The highest BCUT2D eigenvalue weighted by molar-refractivity contribution is 5.62. The number of hydrogen-bond donors (Lipinski definition) is 1. The van der Waals surface area contributed by atoms with Crippen LogP contribution in [0.15, 0.2) is 18.2 Å². The number of ether oxygens (including phenoxy) is 4. The van der Waals surface area contributed by atoms with Crippen LogP contribution in [0.2, 0.25) is 0 Å². The third kappa shape index (κ3) is 5.81. The van der Waals surface area contributed by atoms with E-state index in [1.54, 1.807) is 7.11 Å². The van der Waals surface area contributed by atoms with Crippen molar-refractivity contribution in [2.24, 2.45) is 0 Å². The molecule has 2 N–H and O–H groups in total. The van der Waals surface area contributed by atoms with Gasteiger partial charge in [-0.15, -0.1) is 0 Å². The lowest BCUT2D eigenvalue weighted by Gasteiger charge is -2.13. The maximum Gasteiger partial charge on any atom is 0.146 e. The van der Waals surface area contributed by atoms with Crippen LogP contribution in [0.4, 0.5) is 5.69 Å². The highest BCUT2D eigenvalue weighted by Crippen LogP contribution is 2.31. The van der Waals surface area contributed by atoms with Gasteiger partial charge in [-0.1, -0.05) is 13.0 Å². The van der Waals surface area contributed by atoms with Gasteiger partial charge < -0.3 is 24.7 Å². The lowest BCUT2D eigenvalue weighted by atomic mass is 10.2. The van der Waals surface area contributed by atoms with E-state index in [1.165, 1.54) is 0 Å². The molecule has 0 fully saturated rings. The molecule has 1 rings (SSSR count). The minimum absolute atomic E-state index is 0.450. The summed E-state index contributed by atoms with van der Waals surface area (Å²) in [4.78, 5) is 0. The lowest BCUT2D eigenvalue weighted by molar-refractivity contribution is 0.0545. The minimum atomic E-state index is 0.450. The van der Waals surface area contributed by atoms with Crippen LogP contribution in [0, 0.1) is 0 Å². The highest BCUT2D eigenvalue weighted by Gasteiger charge is 2.06. The predicted molar refractivity (Wildman–Crippen MR) is 74.8 cm³/mol. The fraction of sp³-hybridized carbons (Fsp3) is 0.571. The van der Waals surface area contributed by atoms with Gasteiger partial charge in [-0.3, -0.25) is 0 Å². The van der Waals surface area contributed by atoms with Crippen molar-refractivity contribution in [2.45, 2.75) is 13.3 Å². The first kappa shape index (κ1) is 15.6. The number of rotatable bonds is 10. The molecule has 0 spiro atoms. The van der Waals surface area contributed by atoms with Crippen molar-refractivity contribution in [1.29, 1.82) is 0 Å². The second kappa shape index (κ2) is 9.47.